The molecule has 0 aliphatic carbocycles. The number of rotatable bonds is 4. The highest BCUT2D eigenvalue weighted by Crippen LogP contribution is 2.11. The maximum absolute atomic E-state index is 3.88. The van der Waals surface area contributed by atoms with Gasteiger partial charge in [-0.05, 0) is 19.1 Å². The molecule has 0 aliphatic rings. The zero-order chi connectivity index (χ0) is 7.28. The van der Waals surface area contributed by atoms with E-state index in [0.29, 0.717) is 5.92 Å². The van der Waals surface area contributed by atoms with Crippen molar-refractivity contribution in [2.45, 2.75) is 20.3 Å². The number of hydrogen-bond acceptors (Lipinski definition) is 1. The van der Waals surface area contributed by atoms with E-state index in [2.05, 4.69) is 32.1 Å². The van der Waals surface area contributed by atoms with Gasteiger partial charge in [0.2, 0.25) is 0 Å². The largest absolute Gasteiger partial charge is 0.297 e. The van der Waals surface area contributed by atoms with E-state index in [1.165, 1.54) is 5.57 Å². The molecular formula is C8H15N. The molecule has 1 atom stereocenters. The van der Waals surface area contributed by atoms with Gasteiger partial charge in [-0.2, -0.15) is 0 Å². The first-order valence-corrected chi connectivity index (χ1v) is 3.32. The summed E-state index contributed by atoms with van der Waals surface area (Å²) in [5.74, 6) is 0.593. The topological polar surface area (TPSA) is 12.4 Å². The highest BCUT2D eigenvalue weighted by atomic mass is 14.7. The molecular weight excluding hydrogens is 110 g/mol. The predicted molar refractivity (Wildman–Crippen MR) is 43.0 cm³/mol. The molecule has 52 valence electrons. The van der Waals surface area contributed by atoms with Crippen molar-refractivity contribution in [3.05, 3.63) is 12.2 Å². The lowest BCUT2D eigenvalue weighted by atomic mass is 10.0. The summed E-state index contributed by atoms with van der Waals surface area (Å²) in [6, 6.07) is 0. The molecule has 0 rings (SSSR count). The van der Waals surface area contributed by atoms with Crippen LogP contribution in [0, 0.1) is 5.92 Å². The van der Waals surface area contributed by atoms with Crippen LogP contribution in [-0.2, 0) is 0 Å². The Balaban J connectivity index is 3.58. The monoisotopic (exact) mass is 125 g/mol. The maximum atomic E-state index is 3.88. The van der Waals surface area contributed by atoms with Gasteiger partial charge in [-0.25, -0.2) is 0 Å². The van der Waals surface area contributed by atoms with E-state index in [-0.39, 0.29) is 0 Å². The van der Waals surface area contributed by atoms with Crippen molar-refractivity contribution in [2.24, 2.45) is 10.9 Å². The SMILES string of the molecule is C=NCC(=C)C(C)CC. The van der Waals surface area contributed by atoms with Crippen LogP contribution >= 0.6 is 0 Å². The first-order chi connectivity index (χ1) is 4.22. The highest BCUT2D eigenvalue weighted by Gasteiger charge is 2.00. The Bertz CT molecular complexity index is 105. The lowest BCUT2D eigenvalue weighted by Gasteiger charge is -2.08. The first-order valence-electron chi connectivity index (χ1n) is 3.32. The third kappa shape index (κ3) is 3.07. The highest BCUT2D eigenvalue weighted by molar-refractivity contribution is 5.24. The Morgan fingerprint density at radius 3 is 2.56 bits per heavy atom. The van der Waals surface area contributed by atoms with Crippen molar-refractivity contribution in [3.8, 4) is 0 Å². The molecule has 0 amide bonds. The van der Waals surface area contributed by atoms with Crippen LogP contribution in [0.4, 0.5) is 0 Å². The van der Waals surface area contributed by atoms with Gasteiger partial charge in [-0.3, -0.25) is 4.99 Å². The molecule has 0 heterocycles. The minimum Gasteiger partial charge on any atom is -0.297 e. The van der Waals surface area contributed by atoms with Crippen molar-refractivity contribution >= 4 is 6.72 Å². The summed E-state index contributed by atoms with van der Waals surface area (Å²) >= 11 is 0. The molecule has 9 heavy (non-hydrogen) atoms. The predicted octanol–water partition coefficient (Wildman–Crippen LogP) is 2.29. The van der Waals surface area contributed by atoms with Crippen LogP contribution in [0.5, 0.6) is 0 Å². The van der Waals surface area contributed by atoms with Crippen molar-refractivity contribution in [2.75, 3.05) is 6.54 Å². The smallest absolute Gasteiger partial charge is 0.0592 e. The minimum absolute atomic E-state index is 0.593. The van der Waals surface area contributed by atoms with Crippen LogP contribution in [0.3, 0.4) is 0 Å². The van der Waals surface area contributed by atoms with Gasteiger partial charge in [0.05, 0.1) is 6.54 Å². The third-order valence-electron chi connectivity index (χ3n) is 1.62. The summed E-state index contributed by atoms with van der Waals surface area (Å²) in [7, 11) is 0. The molecule has 0 N–H and O–H groups in total. The number of hydrogen-bond donors (Lipinski definition) is 0. The fraction of sp³-hybridized carbons (Fsp3) is 0.625. The second kappa shape index (κ2) is 4.30. The molecule has 1 heteroatoms. The first kappa shape index (κ1) is 8.41. The molecule has 0 radical (unpaired) electrons. The van der Waals surface area contributed by atoms with Crippen molar-refractivity contribution in [1.29, 1.82) is 0 Å². The Kier molecular flexibility index (Phi) is 4.02. The summed E-state index contributed by atoms with van der Waals surface area (Å²) in [6.45, 7) is 12.3. The molecule has 0 bridgehead atoms. The lowest BCUT2D eigenvalue weighted by Crippen LogP contribution is -1.98. The van der Waals surface area contributed by atoms with Crippen LogP contribution < -0.4 is 0 Å². The number of nitrogens with zero attached hydrogens (tertiary/aromatic N) is 1. The van der Waals surface area contributed by atoms with E-state index in [1.807, 2.05) is 0 Å². The van der Waals surface area contributed by atoms with Gasteiger partial charge in [-0.1, -0.05) is 26.0 Å². The summed E-state index contributed by atoms with van der Waals surface area (Å²) in [5.41, 5.74) is 1.19. The standard InChI is InChI=1S/C8H15N/c1-5-7(2)8(3)6-9-4/h7H,3-6H2,1-2H3. The van der Waals surface area contributed by atoms with Crippen LogP contribution in [-0.4, -0.2) is 13.3 Å². The van der Waals surface area contributed by atoms with Gasteiger partial charge in [0.25, 0.3) is 0 Å². The fourth-order valence-electron chi connectivity index (χ4n) is 0.588. The third-order valence-corrected chi connectivity index (χ3v) is 1.62. The second-order valence-electron chi connectivity index (χ2n) is 2.35. The summed E-state index contributed by atoms with van der Waals surface area (Å²) in [4.78, 5) is 3.76. The van der Waals surface area contributed by atoms with Crippen molar-refractivity contribution < 1.29 is 0 Å². The van der Waals surface area contributed by atoms with Gasteiger partial charge < -0.3 is 0 Å². The van der Waals surface area contributed by atoms with Gasteiger partial charge in [-0.15, -0.1) is 0 Å². The van der Waals surface area contributed by atoms with E-state index >= 15 is 0 Å². The average Bonchev–Trinajstić information content (AvgIpc) is 1.87. The Hall–Kier alpha value is -0.590. The maximum Gasteiger partial charge on any atom is 0.0592 e. The normalized spacial score (nSPS) is 12.7. The molecule has 0 aromatic heterocycles. The van der Waals surface area contributed by atoms with Gasteiger partial charge in [0.15, 0.2) is 0 Å². The minimum atomic E-state index is 0.593. The van der Waals surface area contributed by atoms with Gasteiger partial charge in [0, 0.05) is 0 Å². The molecule has 0 fully saturated rings. The molecule has 0 aromatic carbocycles. The van der Waals surface area contributed by atoms with Gasteiger partial charge >= 0.3 is 0 Å². The van der Waals surface area contributed by atoms with Crippen LogP contribution in [0.2, 0.25) is 0 Å². The van der Waals surface area contributed by atoms with Gasteiger partial charge in [0.1, 0.15) is 0 Å². The van der Waals surface area contributed by atoms with Crippen LogP contribution in [0.25, 0.3) is 0 Å². The Labute approximate surface area is 57.5 Å². The van der Waals surface area contributed by atoms with E-state index in [4.69, 9.17) is 0 Å². The molecule has 0 saturated carbocycles. The molecule has 1 unspecified atom stereocenters. The zero-order valence-electron chi connectivity index (χ0n) is 6.35. The Morgan fingerprint density at radius 1 is 1.67 bits per heavy atom. The molecule has 0 saturated heterocycles. The average molecular weight is 125 g/mol. The van der Waals surface area contributed by atoms with E-state index < -0.39 is 0 Å². The summed E-state index contributed by atoms with van der Waals surface area (Å²) in [5, 5.41) is 0. The van der Waals surface area contributed by atoms with Crippen molar-refractivity contribution in [1.82, 2.24) is 0 Å². The lowest BCUT2D eigenvalue weighted by molar-refractivity contribution is 0.646. The zero-order valence-corrected chi connectivity index (χ0v) is 6.35. The molecule has 0 spiro atoms. The summed E-state index contributed by atoms with van der Waals surface area (Å²) in [6.07, 6.45) is 1.15. The molecule has 0 aromatic rings. The molecule has 1 nitrogen and oxygen atoms in total. The summed E-state index contributed by atoms with van der Waals surface area (Å²) < 4.78 is 0. The van der Waals surface area contributed by atoms with E-state index in [9.17, 15) is 0 Å². The van der Waals surface area contributed by atoms with E-state index in [0.717, 1.165) is 13.0 Å². The number of aliphatic imine (C=N–C) groups is 1. The van der Waals surface area contributed by atoms with Crippen LogP contribution in [0.1, 0.15) is 20.3 Å². The molecule has 0 aliphatic heterocycles. The van der Waals surface area contributed by atoms with Crippen molar-refractivity contribution in [3.63, 3.8) is 0 Å². The second-order valence-corrected chi connectivity index (χ2v) is 2.35. The Morgan fingerprint density at radius 2 is 2.22 bits per heavy atom. The fourth-order valence-corrected chi connectivity index (χ4v) is 0.588. The van der Waals surface area contributed by atoms with E-state index in [1.54, 1.807) is 0 Å². The quantitative estimate of drug-likeness (QED) is 0.404. The van der Waals surface area contributed by atoms with Crippen LogP contribution in [0.15, 0.2) is 17.1 Å².